The van der Waals surface area contributed by atoms with E-state index in [-0.39, 0.29) is 0 Å². The molecule has 0 fully saturated rings. The van der Waals surface area contributed by atoms with Crippen LogP contribution in [0.5, 0.6) is 0 Å². The first-order valence-corrected chi connectivity index (χ1v) is 14.9. The third-order valence-corrected chi connectivity index (χ3v) is 9.89. The minimum Gasteiger partial charge on any atom is -0.0619 e. The zero-order valence-electron chi connectivity index (χ0n) is 23.1. The molecular weight excluding hydrogens is 504 g/mol. The van der Waals surface area contributed by atoms with Gasteiger partial charge in [0.05, 0.1) is 0 Å². The van der Waals surface area contributed by atoms with Gasteiger partial charge in [-0.1, -0.05) is 109 Å². The summed E-state index contributed by atoms with van der Waals surface area (Å²) >= 11 is 0. The van der Waals surface area contributed by atoms with E-state index in [0.717, 1.165) is 12.8 Å². The maximum Gasteiger partial charge on any atom is -0.00137 e. The lowest BCUT2D eigenvalue weighted by Crippen LogP contribution is -2.31. The Morgan fingerprint density at radius 1 is 0.286 bits per heavy atom. The van der Waals surface area contributed by atoms with E-state index in [1.54, 1.807) is 0 Å². The smallest absolute Gasteiger partial charge is 0.00137 e. The summed E-state index contributed by atoms with van der Waals surface area (Å²) in [5.74, 6) is 0. The zero-order valence-corrected chi connectivity index (χ0v) is 23.1. The summed E-state index contributed by atoms with van der Waals surface area (Å²) in [6, 6.07) is 40.7. The van der Waals surface area contributed by atoms with Crippen LogP contribution in [0.1, 0.15) is 44.5 Å². The average Bonchev–Trinajstić information content (AvgIpc) is 3.62. The molecular formula is C42H26. The maximum atomic E-state index is 2.46. The molecule has 0 aromatic heterocycles. The second-order valence-electron chi connectivity index (χ2n) is 12.1. The van der Waals surface area contributed by atoms with Crippen molar-refractivity contribution in [1.82, 2.24) is 0 Å². The highest BCUT2D eigenvalue weighted by Gasteiger charge is 2.23. The van der Waals surface area contributed by atoms with Gasteiger partial charge in [0.15, 0.2) is 0 Å². The molecule has 6 aromatic rings. The van der Waals surface area contributed by atoms with Gasteiger partial charge in [0.1, 0.15) is 0 Å². The molecule has 0 N–H and O–H groups in total. The lowest BCUT2D eigenvalue weighted by atomic mass is 9.89. The van der Waals surface area contributed by atoms with E-state index >= 15 is 0 Å². The SMILES string of the molecule is C1=c2c(ccc3c2=Cc2c(-c4cccc5c4C=c4c-5ccc5c4=Cc4ccccc4C5)cccc2-3)Cc2ccccc21. The summed E-state index contributed by atoms with van der Waals surface area (Å²) in [7, 11) is 0. The fraction of sp³-hybridized carbons (Fsp3) is 0.0476. The third kappa shape index (κ3) is 3.02. The van der Waals surface area contributed by atoms with E-state index in [1.165, 1.54) is 98.8 Å². The standard InChI is InChI=1S/C42H26/c1-3-9-27-21-37-29(19-25(27)7-1)15-17-35-33-13-5-11-31(39(33)23-41(35)37)32-12-6-14-34-36-18-16-30-20-26-8-2-4-10-28(26)22-38(30)42(36)24-40(32)34/h1-18,21-24H,19-20H2. The highest BCUT2D eigenvalue weighted by Crippen LogP contribution is 2.40. The van der Waals surface area contributed by atoms with Gasteiger partial charge < -0.3 is 0 Å². The Balaban J connectivity index is 1.19. The van der Waals surface area contributed by atoms with Crippen molar-refractivity contribution in [2.75, 3.05) is 0 Å². The van der Waals surface area contributed by atoms with E-state index in [1.807, 2.05) is 0 Å². The number of rotatable bonds is 1. The van der Waals surface area contributed by atoms with Crippen LogP contribution in [-0.2, 0) is 12.8 Å². The lowest BCUT2D eigenvalue weighted by molar-refractivity contribution is 1.13. The zero-order chi connectivity index (χ0) is 27.4. The van der Waals surface area contributed by atoms with E-state index in [0.29, 0.717) is 0 Å². The van der Waals surface area contributed by atoms with Crippen molar-refractivity contribution in [3.8, 4) is 33.4 Å². The van der Waals surface area contributed by atoms with Crippen LogP contribution in [0.2, 0.25) is 0 Å². The Labute approximate surface area is 244 Å². The molecule has 6 aromatic carbocycles. The van der Waals surface area contributed by atoms with Gasteiger partial charge >= 0.3 is 0 Å². The number of fused-ring (bicyclic) bond motifs is 12. The molecule has 0 heterocycles. The van der Waals surface area contributed by atoms with E-state index in [2.05, 4.69) is 133 Å². The normalized spacial score (nSPS) is 13.8. The fourth-order valence-electron chi connectivity index (χ4n) is 7.86. The molecule has 0 amide bonds. The van der Waals surface area contributed by atoms with E-state index in [9.17, 15) is 0 Å². The molecule has 0 unspecified atom stereocenters. The molecule has 0 heteroatoms. The minimum atomic E-state index is 0.998. The quantitative estimate of drug-likeness (QED) is 0.229. The molecule has 0 nitrogen and oxygen atoms in total. The Bertz CT molecular complexity index is 2280. The average molecular weight is 531 g/mol. The lowest BCUT2D eigenvalue weighted by Gasteiger charge is -2.15. The highest BCUT2D eigenvalue weighted by atomic mass is 14.3. The molecule has 0 spiro atoms. The first-order chi connectivity index (χ1) is 20.8. The maximum absolute atomic E-state index is 2.46. The van der Waals surface area contributed by atoms with Gasteiger partial charge in [0.2, 0.25) is 0 Å². The van der Waals surface area contributed by atoms with Gasteiger partial charge in [0, 0.05) is 0 Å². The molecule has 0 saturated carbocycles. The third-order valence-electron chi connectivity index (χ3n) is 9.89. The van der Waals surface area contributed by atoms with Gasteiger partial charge in [-0.2, -0.15) is 0 Å². The second-order valence-corrected chi connectivity index (χ2v) is 12.1. The molecule has 0 bridgehead atoms. The summed E-state index contributed by atoms with van der Waals surface area (Å²) < 4.78 is 0. The van der Waals surface area contributed by atoms with Crippen LogP contribution in [-0.4, -0.2) is 0 Å². The van der Waals surface area contributed by atoms with Gasteiger partial charge in [-0.3, -0.25) is 0 Å². The number of benzene rings is 6. The van der Waals surface area contributed by atoms with Crippen molar-refractivity contribution in [2.45, 2.75) is 12.8 Å². The van der Waals surface area contributed by atoms with Crippen molar-refractivity contribution in [3.05, 3.63) is 175 Å². The highest BCUT2D eigenvalue weighted by molar-refractivity contribution is 5.97. The van der Waals surface area contributed by atoms with Crippen LogP contribution in [0.4, 0.5) is 0 Å². The molecule has 0 radical (unpaired) electrons. The van der Waals surface area contributed by atoms with Crippen molar-refractivity contribution >= 4 is 24.3 Å². The molecule has 194 valence electrons. The Morgan fingerprint density at radius 2 is 0.714 bits per heavy atom. The van der Waals surface area contributed by atoms with Crippen LogP contribution < -0.4 is 20.9 Å². The summed E-state index contributed by atoms with van der Waals surface area (Å²) in [5, 5.41) is 5.50. The van der Waals surface area contributed by atoms with Crippen LogP contribution in [0.3, 0.4) is 0 Å². The van der Waals surface area contributed by atoms with Crippen molar-refractivity contribution in [2.24, 2.45) is 0 Å². The molecule has 42 heavy (non-hydrogen) atoms. The van der Waals surface area contributed by atoms with Gasteiger partial charge in [-0.05, 0) is 136 Å². The van der Waals surface area contributed by atoms with Crippen molar-refractivity contribution in [1.29, 1.82) is 0 Å². The van der Waals surface area contributed by atoms with Crippen molar-refractivity contribution in [3.63, 3.8) is 0 Å². The molecule has 0 aliphatic heterocycles. The molecule has 4 aliphatic rings. The van der Waals surface area contributed by atoms with Crippen LogP contribution in [0.25, 0.3) is 57.7 Å². The summed E-state index contributed by atoms with van der Waals surface area (Å²) in [6.07, 6.45) is 11.7. The Hall–Kier alpha value is -5.20. The molecule has 0 saturated heterocycles. The number of hydrogen-bond donors (Lipinski definition) is 0. The second kappa shape index (κ2) is 8.18. The van der Waals surface area contributed by atoms with Crippen molar-refractivity contribution < 1.29 is 0 Å². The van der Waals surface area contributed by atoms with Crippen LogP contribution >= 0.6 is 0 Å². The van der Waals surface area contributed by atoms with Gasteiger partial charge in [-0.15, -0.1) is 0 Å². The van der Waals surface area contributed by atoms with Crippen LogP contribution in [0.15, 0.2) is 109 Å². The summed E-state index contributed by atoms with van der Waals surface area (Å²) in [5.41, 5.74) is 19.1. The largest absolute Gasteiger partial charge is 0.0619 e. The van der Waals surface area contributed by atoms with Gasteiger partial charge in [0.25, 0.3) is 0 Å². The monoisotopic (exact) mass is 530 g/mol. The molecule has 4 aliphatic carbocycles. The topological polar surface area (TPSA) is 0 Å². The number of hydrogen-bond acceptors (Lipinski definition) is 0. The molecule has 0 atom stereocenters. The predicted molar refractivity (Wildman–Crippen MR) is 174 cm³/mol. The fourth-order valence-corrected chi connectivity index (χ4v) is 7.86. The van der Waals surface area contributed by atoms with E-state index < -0.39 is 0 Å². The Kier molecular flexibility index (Phi) is 4.38. The summed E-state index contributed by atoms with van der Waals surface area (Å²) in [4.78, 5) is 0. The van der Waals surface area contributed by atoms with Gasteiger partial charge in [-0.25, -0.2) is 0 Å². The minimum absolute atomic E-state index is 0.998. The first kappa shape index (κ1) is 22.5. The summed E-state index contributed by atoms with van der Waals surface area (Å²) in [6.45, 7) is 0. The first-order valence-electron chi connectivity index (χ1n) is 14.9. The predicted octanol–water partition coefficient (Wildman–Crippen LogP) is 6.44. The Morgan fingerprint density at radius 3 is 1.19 bits per heavy atom. The molecule has 10 rings (SSSR count). The van der Waals surface area contributed by atoms with Crippen LogP contribution in [0, 0.1) is 0 Å². The van der Waals surface area contributed by atoms with E-state index in [4.69, 9.17) is 0 Å².